The largest absolute Gasteiger partial charge is 0.396 e. The molecule has 13 heavy (non-hydrogen) atoms. The van der Waals surface area contributed by atoms with E-state index >= 15 is 0 Å². The van der Waals surface area contributed by atoms with Gasteiger partial charge in [-0.1, -0.05) is 34.8 Å². The molecule has 72 valence electrons. The summed E-state index contributed by atoms with van der Waals surface area (Å²) in [6, 6.07) is 0. The van der Waals surface area contributed by atoms with Crippen molar-refractivity contribution in [2.75, 3.05) is 5.73 Å². The summed E-state index contributed by atoms with van der Waals surface area (Å²) in [6.45, 7) is 0. The minimum Gasteiger partial charge on any atom is -0.396 e. The van der Waals surface area contributed by atoms with E-state index in [-0.39, 0.29) is 26.6 Å². The summed E-state index contributed by atoms with van der Waals surface area (Å²) in [5.41, 5.74) is 5.17. The van der Waals surface area contributed by atoms with Crippen LogP contribution in [0.4, 0.5) is 5.69 Å². The summed E-state index contributed by atoms with van der Waals surface area (Å²) in [4.78, 5) is 3.55. The number of nitrogens with zero attached hydrogens (tertiary/aromatic N) is 1. The smallest absolute Gasteiger partial charge is 0.197 e. The Hall–Kier alpha value is -0.260. The van der Waals surface area contributed by atoms with Crippen molar-refractivity contribution in [2.45, 2.75) is 6.29 Å². The molecule has 0 bridgehead atoms. The summed E-state index contributed by atoms with van der Waals surface area (Å²) in [5, 5.41) is 17.4. The van der Waals surface area contributed by atoms with Crippen LogP contribution in [0.3, 0.4) is 0 Å². The normalized spacial score (nSPS) is 10.9. The molecule has 1 rings (SSSR count). The highest BCUT2D eigenvalue weighted by Crippen LogP contribution is 2.35. The monoisotopic (exact) mass is 242 g/mol. The number of nitrogen functional groups attached to an aromatic ring is 1. The lowest BCUT2D eigenvalue weighted by atomic mass is 10.3. The fourth-order valence-electron chi connectivity index (χ4n) is 0.720. The van der Waals surface area contributed by atoms with Crippen molar-refractivity contribution in [2.24, 2.45) is 0 Å². The molecule has 0 aliphatic heterocycles. The van der Waals surface area contributed by atoms with Crippen LogP contribution in [-0.2, 0) is 0 Å². The first-order valence-corrected chi connectivity index (χ1v) is 4.24. The fourth-order valence-corrected chi connectivity index (χ4v) is 1.33. The molecule has 4 nitrogen and oxygen atoms in total. The predicted molar refractivity (Wildman–Crippen MR) is 50.9 cm³/mol. The Morgan fingerprint density at radius 2 is 1.69 bits per heavy atom. The van der Waals surface area contributed by atoms with E-state index in [0.29, 0.717) is 0 Å². The number of anilines is 1. The van der Waals surface area contributed by atoms with Crippen LogP contribution in [-0.4, -0.2) is 15.2 Å². The average Bonchev–Trinajstić information content (AvgIpc) is 2.07. The Balaban J connectivity index is 3.41. The van der Waals surface area contributed by atoms with E-state index in [1.54, 1.807) is 0 Å². The van der Waals surface area contributed by atoms with Gasteiger partial charge in [0.25, 0.3) is 0 Å². The minimum absolute atomic E-state index is 0.00364. The maximum Gasteiger partial charge on any atom is 0.197 e. The van der Waals surface area contributed by atoms with Crippen molar-refractivity contribution in [3.05, 3.63) is 20.9 Å². The number of hydrogen-bond donors (Lipinski definition) is 3. The van der Waals surface area contributed by atoms with Crippen LogP contribution >= 0.6 is 34.8 Å². The van der Waals surface area contributed by atoms with Gasteiger partial charge in [0.15, 0.2) is 6.29 Å². The quantitative estimate of drug-likeness (QED) is 0.517. The zero-order valence-corrected chi connectivity index (χ0v) is 8.40. The summed E-state index contributed by atoms with van der Waals surface area (Å²) < 4.78 is 0. The topological polar surface area (TPSA) is 79.4 Å². The summed E-state index contributed by atoms with van der Waals surface area (Å²) in [7, 11) is 0. The number of rotatable bonds is 1. The third-order valence-corrected chi connectivity index (χ3v) is 2.49. The summed E-state index contributed by atoms with van der Waals surface area (Å²) in [6.07, 6.45) is -1.83. The predicted octanol–water partition coefficient (Wildman–Crippen LogP) is 1.61. The molecular weight excluding hydrogens is 238 g/mol. The molecule has 4 N–H and O–H groups in total. The van der Waals surface area contributed by atoms with E-state index in [0.717, 1.165) is 0 Å². The van der Waals surface area contributed by atoms with Gasteiger partial charge in [0.1, 0.15) is 15.9 Å². The first-order chi connectivity index (χ1) is 5.95. The summed E-state index contributed by atoms with van der Waals surface area (Å²) in [5.74, 6) is 0. The number of hydrogen-bond acceptors (Lipinski definition) is 4. The van der Waals surface area contributed by atoms with Crippen LogP contribution in [0, 0.1) is 0 Å². The highest BCUT2D eigenvalue weighted by molar-refractivity contribution is 6.45. The molecule has 0 atom stereocenters. The van der Waals surface area contributed by atoms with Gasteiger partial charge in [-0.3, -0.25) is 0 Å². The molecule has 0 saturated heterocycles. The number of pyridine rings is 1. The van der Waals surface area contributed by atoms with Crippen molar-refractivity contribution >= 4 is 40.5 Å². The van der Waals surface area contributed by atoms with Gasteiger partial charge in [-0.15, -0.1) is 0 Å². The Labute approximate surface area is 88.9 Å². The number of halogens is 3. The van der Waals surface area contributed by atoms with E-state index in [4.69, 9.17) is 50.7 Å². The van der Waals surface area contributed by atoms with Gasteiger partial charge < -0.3 is 15.9 Å². The molecule has 0 saturated carbocycles. The highest BCUT2D eigenvalue weighted by Gasteiger charge is 2.17. The van der Waals surface area contributed by atoms with E-state index in [1.165, 1.54) is 0 Å². The first kappa shape index (κ1) is 10.8. The lowest BCUT2D eigenvalue weighted by Gasteiger charge is -2.09. The van der Waals surface area contributed by atoms with Crippen LogP contribution in [0.2, 0.25) is 15.2 Å². The standard InChI is InChI=1S/C6H5Cl3N2O2/c7-1-3(10)2(8)5(9)11-4(1)6(12)13/h6,12-13H,(H2,10,11). The Morgan fingerprint density at radius 3 is 2.15 bits per heavy atom. The highest BCUT2D eigenvalue weighted by atomic mass is 35.5. The fraction of sp³-hybridized carbons (Fsp3) is 0.167. The molecule has 0 unspecified atom stereocenters. The third kappa shape index (κ3) is 1.98. The van der Waals surface area contributed by atoms with Gasteiger partial charge in [-0.2, -0.15) is 0 Å². The van der Waals surface area contributed by atoms with Crippen molar-refractivity contribution in [3.8, 4) is 0 Å². The van der Waals surface area contributed by atoms with Crippen LogP contribution in [0.25, 0.3) is 0 Å². The molecular formula is C6H5Cl3N2O2. The maximum absolute atomic E-state index is 8.80. The molecule has 7 heteroatoms. The second kappa shape index (κ2) is 3.86. The zero-order valence-electron chi connectivity index (χ0n) is 6.13. The molecule has 0 aliphatic carbocycles. The molecule has 0 fully saturated rings. The second-order valence-electron chi connectivity index (χ2n) is 2.20. The first-order valence-electron chi connectivity index (χ1n) is 3.11. The van der Waals surface area contributed by atoms with Gasteiger partial charge in [0, 0.05) is 0 Å². The Morgan fingerprint density at radius 1 is 1.15 bits per heavy atom. The van der Waals surface area contributed by atoms with Gasteiger partial charge in [0.2, 0.25) is 0 Å². The number of nitrogens with two attached hydrogens (primary N) is 1. The lowest BCUT2D eigenvalue weighted by molar-refractivity contribution is -0.0456. The van der Waals surface area contributed by atoms with Crippen LogP contribution in [0.5, 0.6) is 0 Å². The third-order valence-electron chi connectivity index (χ3n) is 1.34. The van der Waals surface area contributed by atoms with Crippen LogP contribution in [0.1, 0.15) is 12.0 Å². The van der Waals surface area contributed by atoms with E-state index < -0.39 is 6.29 Å². The second-order valence-corrected chi connectivity index (χ2v) is 3.32. The molecule has 0 aliphatic rings. The van der Waals surface area contributed by atoms with Gasteiger partial charge in [-0.05, 0) is 0 Å². The van der Waals surface area contributed by atoms with Gasteiger partial charge >= 0.3 is 0 Å². The zero-order chi connectivity index (χ0) is 10.2. The number of aliphatic hydroxyl groups is 2. The molecule has 0 radical (unpaired) electrons. The van der Waals surface area contributed by atoms with Crippen molar-refractivity contribution < 1.29 is 10.2 Å². The minimum atomic E-state index is -1.83. The number of aromatic nitrogens is 1. The van der Waals surface area contributed by atoms with Crippen molar-refractivity contribution in [3.63, 3.8) is 0 Å². The SMILES string of the molecule is Nc1c(Cl)c(Cl)nc(C(O)O)c1Cl. The molecule has 1 aromatic heterocycles. The van der Waals surface area contributed by atoms with E-state index in [1.807, 2.05) is 0 Å². The van der Waals surface area contributed by atoms with Crippen LogP contribution < -0.4 is 5.73 Å². The molecule has 0 spiro atoms. The maximum atomic E-state index is 8.80. The van der Waals surface area contributed by atoms with Gasteiger partial charge in [0.05, 0.1) is 10.7 Å². The van der Waals surface area contributed by atoms with Gasteiger partial charge in [-0.25, -0.2) is 4.98 Å². The van der Waals surface area contributed by atoms with E-state index in [2.05, 4.69) is 4.98 Å². The Bertz CT molecular complexity index is 343. The molecule has 1 aromatic rings. The lowest BCUT2D eigenvalue weighted by Crippen LogP contribution is -2.03. The van der Waals surface area contributed by atoms with Crippen LogP contribution in [0.15, 0.2) is 0 Å². The molecule has 1 heterocycles. The Kier molecular flexibility index (Phi) is 3.21. The number of aliphatic hydroxyl groups excluding tert-OH is 1. The van der Waals surface area contributed by atoms with E-state index in [9.17, 15) is 0 Å². The van der Waals surface area contributed by atoms with Crippen molar-refractivity contribution in [1.29, 1.82) is 0 Å². The van der Waals surface area contributed by atoms with Crippen molar-refractivity contribution in [1.82, 2.24) is 4.98 Å². The molecule has 0 aromatic carbocycles. The molecule has 0 amide bonds. The average molecular weight is 243 g/mol. The summed E-state index contributed by atoms with van der Waals surface area (Å²) >= 11 is 16.7.